The predicted molar refractivity (Wildman–Crippen MR) is 106 cm³/mol. The summed E-state index contributed by atoms with van der Waals surface area (Å²) in [5.74, 6) is -0.598. The van der Waals surface area contributed by atoms with Gasteiger partial charge >= 0.3 is 10.3 Å². The number of fused-ring (bicyclic) bond motifs is 1. The number of nitrogens with two attached hydrogens (primary N) is 2. The summed E-state index contributed by atoms with van der Waals surface area (Å²) in [6.07, 6.45) is 2.90. The number of benzene rings is 1. The zero-order chi connectivity index (χ0) is 21.3. The molecule has 30 heavy (non-hydrogen) atoms. The molecule has 0 radical (unpaired) electrons. The molecule has 0 saturated carbocycles. The number of imidazole rings is 1. The van der Waals surface area contributed by atoms with Gasteiger partial charge < -0.3 is 20.8 Å². The number of aromatic nitrogens is 4. The second-order valence-electron chi connectivity index (χ2n) is 6.68. The molecule has 158 valence electrons. The lowest BCUT2D eigenvalue weighted by molar-refractivity contribution is 0.0671. The average molecular weight is 433 g/mol. The lowest BCUT2D eigenvalue weighted by atomic mass is 10.2. The molecule has 0 aliphatic carbocycles. The van der Waals surface area contributed by atoms with Crippen LogP contribution < -0.4 is 16.2 Å². The molecule has 2 atom stereocenters. The first-order chi connectivity index (χ1) is 14.3. The molecule has 3 heterocycles. The predicted octanol–water partition coefficient (Wildman–Crippen LogP) is 0.0121. The largest absolute Gasteiger partial charge is 0.398 e. The fourth-order valence-electron chi connectivity index (χ4n) is 3.20. The highest BCUT2D eigenvalue weighted by atomic mass is 32.2. The Hall–Kier alpha value is -3.29. The van der Waals surface area contributed by atoms with E-state index in [2.05, 4.69) is 15.0 Å². The number of hydrogen-bond acceptors (Lipinski definition) is 10. The van der Waals surface area contributed by atoms with Crippen molar-refractivity contribution in [2.45, 2.75) is 18.6 Å². The van der Waals surface area contributed by atoms with Crippen LogP contribution in [0.15, 0.2) is 36.9 Å². The van der Waals surface area contributed by atoms with Crippen LogP contribution in [0.1, 0.15) is 22.8 Å². The van der Waals surface area contributed by atoms with E-state index < -0.39 is 22.3 Å². The van der Waals surface area contributed by atoms with Crippen molar-refractivity contribution in [3.05, 3.63) is 42.5 Å². The van der Waals surface area contributed by atoms with Gasteiger partial charge in [-0.2, -0.15) is 8.42 Å². The zero-order valence-corrected chi connectivity index (χ0v) is 16.4. The maximum atomic E-state index is 12.1. The van der Waals surface area contributed by atoms with E-state index in [1.807, 2.05) is 9.29 Å². The minimum atomic E-state index is -4.34. The number of anilines is 2. The molecule has 12 nitrogen and oxygen atoms in total. The first-order valence-corrected chi connectivity index (χ1v) is 10.4. The molecule has 3 aromatic rings. The molecule has 13 heteroatoms. The molecule has 4 rings (SSSR count). The van der Waals surface area contributed by atoms with Crippen molar-refractivity contribution in [3.63, 3.8) is 0 Å². The van der Waals surface area contributed by atoms with Crippen LogP contribution in [0.3, 0.4) is 0 Å². The van der Waals surface area contributed by atoms with E-state index in [1.165, 1.54) is 18.5 Å². The number of rotatable bonds is 6. The summed E-state index contributed by atoms with van der Waals surface area (Å²) in [6.45, 7) is 0.0590. The van der Waals surface area contributed by atoms with Gasteiger partial charge in [-0.1, -0.05) is 12.1 Å². The van der Waals surface area contributed by atoms with Crippen molar-refractivity contribution in [2.75, 3.05) is 24.7 Å². The minimum Gasteiger partial charge on any atom is -0.398 e. The molecule has 1 saturated heterocycles. The van der Waals surface area contributed by atoms with Crippen molar-refractivity contribution in [2.24, 2.45) is 0 Å². The third-order valence-corrected chi connectivity index (χ3v) is 5.55. The monoisotopic (exact) mass is 433 g/mol. The second kappa shape index (κ2) is 7.85. The maximum absolute atomic E-state index is 12.1. The number of nitrogen functional groups attached to an aromatic ring is 2. The molecule has 1 aromatic carbocycles. The normalized spacial score (nSPS) is 19.2. The van der Waals surface area contributed by atoms with Gasteiger partial charge in [0.2, 0.25) is 0 Å². The second-order valence-corrected chi connectivity index (χ2v) is 8.03. The Kier molecular flexibility index (Phi) is 5.24. The number of carbonyl (C=O) groups is 1. The molecular weight excluding hydrogens is 414 g/mol. The standard InChI is InChI=1S/C17H19N7O5S/c18-13-4-2-1-3-12(13)17(25)23-30(26,27)29-7-11-5-10(6-28-11)24-9-22-14-15(19)20-8-21-16(14)24/h1-4,8-11H,5-7,18H2,(H,23,25)(H2,19,20,21)/t10?,11-/m0/s1. The van der Waals surface area contributed by atoms with Crippen LogP contribution in [0.5, 0.6) is 0 Å². The maximum Gasteiger partial charge on any atom is 0.362 e. The van der Waals surface area contributed by atoms with E-state index in [0.29, 0.717) is 24.2 Å². The molecular formula is C17H19N7O5S. The fourth-order valence-corrected chi connectivity index (χ4v) is 3.93. The summed E-state index contributed by atoms with van der Waals surface area (Å²) in [7, 11) is -4.34. The van der Waals surface area contributed by atoms with Crippen LogP contribution in [0.25, 0.3) is 11.2 Å². The first-order valence-electron chi connectivity index (χ1n) is 8.94. The van der Waals surface area contributed by atoms with Crippen LogP contribution in [-0.2, 0) is 19.2 Å². The highest BCUT2D eigenvalue weighted by molar-refractivity contribution is 7.85. The highest BCUT2D eigenvalue weighted by Crippen LogP contribution is 2.28. The van der Waals surface area contributed by atoms with Crippen LogP contribution in [0, 0.1) is 0 Å². The van der Waals surface area contributed by atoms with E-state index in [-0.39, 0.29) is 29.7 Å². The molecule has 0 bridgehead atoms. The van der Waals surface area contributed by atoms with Gasteiger partial charge in [0.15, 0.2) is 11.5 Å². The topological polar surface area (TPSA) is 177 Å². The van der Waals surface area contributed by atoms with Gasteiger partial charge in [-0.15, -0.1) is 0 Å². The van der Waals surface area contributed by atoms with Gasteiger partial charge in [-0.05, 0) is 18.6 Å². The number of hydrogen-bond donors (Lipinski definition) is 3. The minimum absolute atomic E-state index is 0.0371. The lowest BCUT2D eigenvalue weighted by Crippen LogP contribution is -2.34. The third kappa shape index (κ3) is 4.03. The molecule has 2 aromatic heterocycles. The molecule has 1 fully saturated rings. The summed E-state index contributed by atoms with van der Waals surface area (Å²) in [4.78, 5) is 24.4. The number of carbonyl (C=O) groups excluding carboxylic acids is 1. The van der Waals surface area contributed by atoms with E-state index in [1.54, 1.807) is 18.5 Å². The quantitative estimate of drug-likeness (QED) is 0.449. The van der Waals surface area contributed by atoms with Crippen molar-refractivity contribution in [1.82, 2.24) is 24.2 Å². The average Bonchev–Trinajstić information content (AvgIpc) is 3.34. The zero-order valence-electron chi connectivity index (χ0n) is 15.6. The first kappa shape index (κ1) is 20.0. The third-order valence-electron chi connectivity index (χ3n) is 4.67. The van der Waals surface area contributed by atoms with Gasteiger partial charge in [0.05, 0.1) is 37.3 Å². The molecule has 1 aliphatic rings. The van der Waals surface area contributed by atoms with Gasteiger partial charge in [0, 0.05) is 5.69 Å². The number of amides is 1. The smallest absolute Gasteiger partial charge is 0.362 e. The Morgan fingerprint density at radius 1 is 1.27 bits per heavy atom. The van der Waals surface area contributed by atoms with Crippen molar-refractivity contribution >= 4 is 38.9 Å². The summed E-state index contributed by atoms with van der Waals surface area (Å²) in [5, 5.41) is 0. The van der Waals surface area contributed by atoms with Gasteiger partial charge in [-0.25, -0.2) is 19.7 Å². The van der Waals surface area contributed by atoms with E-state index >= 15 is 0 Å². The van der Waals surface area contributed by atoms with Gasteiger partial charge in [0.25, 0.3) is 5.91 Å². The van der Waals surface area contributed by atoms with Gasteiger partial charge in [-0.3, -0.25) is 8.98 Å². The Morgan fingerprint density at radius 3 is 2.87 bits per heavy atom. The number of ether oxygens (including phenoxy) is 1. The van der Waals surface area contributed by atoms with E-state index in [4.69, 9.17) is 20.4 Å². The molecule has 1 amide bonds. The number of para-hydroxylation sites is 1. The Morgan fingerprint density at radius 2 is 2.07 bits per heavy atom. The molecule has 5 N–H and O–H groups in total. The van der Waals surface area contributed by atoms with Crippen molar-refractivity contribution < 1.29 is 22.1 Å². The summed E-state index contributed by atoms with van der Waals surface area (Å²) < 4.78 is 38.4. The van der Waals surface area contributed by atoms with Crippen LogP contribution >= 0.6 is 0 Å². The van der Waals surface area contributed by atoms with Gasteiger partial charge in [0.1, 0.15) is 11.8 Å². The fraction of sp³-hybridized carbons (Fsp3) is 0.294. The summed E-state index contributed by atoms with van der Waals surface area (Å²) in [6, 6.07) is 5.99. The number of nitrogens with one attached hydrogen (secondary N) is 1. The Bertz CT molecular complexity index is 1200. The van der Waals surface area contributed by atoms with Crippen molar-refractivity contribution in [1.29, 1.82) is 0 Å². The molecule has 1 unspecified atom stereocenters. The SMILES string of the molecule is Nc1ccccc1C(=O)NS(=O)(=O)OC[C@@H]1CC(n2cnc3c(N)ncnc32)CO1. The van der Waals surface area contributed by atoms with E-state index in [0.717, 1.165) is 0 Å². The van der Waals surface area contributed by atoms with Crippen LogP contribution in [0.4, 0.5) is 11.5 Å². The van der Waals surface area contributed by atoms with Crippen LogP contribution in [-0.4, -0.2) is 53.2 Å². The summed E-state index contributed by atoms with van der Waals surface area (Å²) in [5.41, 5.74) is 12.7. The lowest BCUT2D eigenvalue weighted by Gasteiger charge is -2.12. The number of nitrogens with zero attached hydrogens (tertiary/aromatic N) is 4. The van der Waals surface area contributed by atoms with Crippen molar-refractivity contribution in [3.8, 4) is 0 Å². The Balaban J connectivity index is 1.36. The molecule has 0 spiro atoms. The summed E-state index contributed by atoms with van der Waals surface area (Å²) >= 11 is 0. The molecule has 1 aliphatic heterocycles. The van der Waals surface area contributed by atoms with Crippen LogP contribution in [0.2, 0.25) is 0 Å². The van der Waals surface area contributed by atoms with E-state index in [9.17, 15) is 13.2 Å². The highest BCUT2D eigenvalue weighted by Gasteiger charge is 2.30. The Labute approximate surface area is 171 Å².